The molecule has 0 spiro atoms. The summed E-state index contributed by atoms with van der Waals surface area (Å²) in [6, 6.07) is 4.52. The van der Waals surface area contributed by atoms with Crippen LogP contribution in [0.5, 0.6) is 5.75 Å². The van der Waals surface area contributed by atoms with Crippen LogP contribution in [-0.4, -0.2) is 154 Å². The van der Waals surface area contributed by atoms with E-state index in [1.54, 1.807) is 42.5 Å². The molecule has 3 unspecified atom stereocenters. The van der Waals surface area contributed by atoms with Crippen molar-refractivity contribution in [3.05, 3.63) is 65.7 Å². The molecule has 2 fully saturated rings. The van der Waals surface area contributed by atoms with Crippen LogP contribution >= 0.6 is 21.6 Å². The number of aliphatic imine (C=N–C) groups is 1. The van der Waals surface area contributed by atoms with Crippen molar-refractivity contribution in [1.29, 1.82) is 0 Å². The van der Waals surface area contributed by atoms with Gasteiger partial charge in [-0.2, -0.15) is 0 Å². The molecule has 26 nitrogen and oxygen atoms in total. The van der Waals surface area contributed by atoms with Crippen molar-refractivity contribution < 1.29 is 57.8 Å². The van der Waals surface area contributed by atoms with Gasteiger partial charge in [0.15, 0.2) is 5.96 Å². The number of phenols is 1. The quantitative estimate of drug-likeness (QED) is 0.0274. The van der Waals surface area contributed by atoms with E-state index in [1.165, 1.54) is 17.0 Å². The predicted molar refractivity (Wildman–Crippen MR) is 272 cm³/mol. The Morgan fingerprint density at radius 2 is 1.34 bits per heavy atom. The molecule has 402 valence electrons. The van der Waals surface area contributed by atoms with Crippen LogP contribution in [0, 0.1) is 0 Å². The zero-order chi connectivity index (χ0) is 54.3. The van der Waals surface area contributed by atoms with Gasteiger partial charge in [-0.25, -0.2) is 0 Å². The van der Waals surface area contributed by atoms with Crippen LogP contribution in [0.4, 0.5) is 0 Å². The van der Waals surface area contributed by atoms with Crippen molar-refractivity contribution in [1.82, 2.24) is 42.1 Å². The molecular formula is C46H64N14O12S2. The topological polar surface area (TPSA) is 438 Å². The molecule has 0 radical (unpaired) electrons. The van der Waals surface area contributed by atoms with Crippen LogP contribution < -0.4 is 65.9 Å². The Hall–Kier alpha value is -7.62. The number of nitrogens with zero attached hydrogens (tertiary/aromatic N) is 2. The number of hydrogen-bond acceptors (Lipinski definition) is 15. The molecule has 0 bridgehead atoms. The number of amides is 11. The normalized spacial score (nSPS) is 21.7. The van der Waals surface area contributed by atoms with Gasteiger partial charge in [-0.3, -0.25) is 57.7 Å². The molecule has 11 amide bonds. The lowest BCUT2D eigenvalue weighted by Gasteiger charge is -2.31. The van der Waals surface area contributed by atoms with Gasteiger partial charge in [-0.15, -0.1) is 0 Å². The second-order valence-corrected chi connectivity index (χ2v) is 20.0. The third-order valence-electron chi connectivity index (χ3n) is 11.5. The van der Waals surface area contributed by atoms with Crippen molar-refractivity contribution in [2.24, 2.45) is 33.7 Å². The molecule has 28 heteroatoms. The zero-order valence-electron chi connectivity index (χ0n) is 40.4. The van der Waals surface area contributed by atoms with E-state index in [2.05, 4.69) is 42.2 Å². The first-order chi connectivity index (χ1) is 35.2. The Balaban J connectivity index is 1.68. The number of nitrogens with one attached hydrogen (secondary N) is 7. The summed E-state index contributed by atoms with van der Waals surface area (Å²) in [7, 11) is 2.19. The highest BCUT2D eigenvalue weighted by molar-refractivity contribution is 8.76. The number of hydrogen-bond donors (Lipinski definition) is 13. The highest BCUT2D eigenvalue weighted by Crippen LogP contribution is 2.26. The summed E-state index contributed by atoms with van der Waals surface area (Å²) in [5.41, 5.74) is 28.1. The number of likely N-dealkylation sites (tertiary alicyclic amines) is 1. The molecule has 2 aliphatic heterocycles. The first-order valence-corrected chi connectivity index (χ1v) is 26.0. The number of primary amides is 3. The van der Waals surface area contributed by atoms with Crippen molar-refractivity contribution in [3.8, 4) is 5.75 Å². The molecule has 18 N–H and O–H groups in total. The van der Waals surface area contributed by atoms with Gasteiger partial charge in [0.05, 0.1) is 13.0 Å². The minimum atomic E-state index is -1.77. The van der Waals surface area contributed by atoms with Gasteiger partial charge in [0.25, 0.3) is 0 Å². The molecule has 74 heavy (non-hydrogen) atoms. The van der Waals surface area contributed by atoms with Gasteiger partial charge in [0.2, 0.25) is 65.0 Å². The third-order valence-corrected chi connectivity index (χ3v) is 13.9. The van der Waals surface area contributed by atoms with E-state index in [4.69, 9.17) is 28.7 Å². The molecule has 2 heterocycles. The van der Waals surface area contributed by atoms with Crippen molar-refractivity contribution in [2.75, 3.05) is 31.1 Å². The summed E-state index contributed by atoms with van der Waals surface area (Å²) < 4.78 is 0. The standard InChI is InChI=1S/C46H64N14O12S2/c47-35(62)15-14-29-40(67)58-32(22-36(48)63)43(70)59-33(45(72)60-18-5-9-34(60)44(71)56-28(8-4-17-52-46(50)51)39(66)53-23-37(49)64)24-74-73-19-16-38(65)54-30(21-26-10-12-27(61)13-11-26)41(68)57-31(42(69)55-29)20-25-6-2-1-3-7-25/h1-3,6-7,10-13,28-34,61H,4-5,8-9,14-24H2,(H2,47,62)(H2,48,63)(H2,49,64)(H,53,66)(H,54,65)(H,55,69)(H,56,71)(H,57,68)(H,58,67)(H,59,70)(H4,50,51,52)/t28-,29?,30?,31-,32?,33-,34-/m0/s1. The fraction of sp³-hybridized carbons (Fsp3) is 0.478. The molecule has 4 rings (SSSR count). The molecule has 0 aromatic heterocycles. The summed E-state index contributed by atoms with van der Waals surface area (Å²) >= 11 is 0. The summed E-state index contributed by atoms with van der Waals surface area (Å²) in [6.07, 6.45) is -1.34. The second kappa shape index (κ2) is 29.8. The molecule has 2 aliphatic rings. The molecule has 2 aromatic rings. The van der Waals surface area contributed by atoms with Crippen molar-refractivity contribution in [3.63, 3.8) is 0 Å². The number of benzene rings is 2. The van der Waals surface area contributed by atoms with E-state index in [-0.39, 0.29) is 74.8 Å². The van der Waals surface area contributed by atoms with E-state index in [1.807, 2.05) is 0 Å². The van der Waals surface area contributed by atoms with E-state index >= 15 is 0 Å². The van der Waals surface area contributed by atoms with Gasteiger partial charge in [-0.05, 0) is 55.4 Å². The average Bonchev–Trinajstić information content (AvgIpc) is 3.85. The lowest BCUT2D eigenvalue weighted by molar-refractivity contribution is -0.142. The fourth-order valence-electron chi connectivity index (χ4n) is 7.78. The number of nitrogens with two attached hydrogens (primary N) is 5. The molecule has 7 atom stereocenters. The maximum absolute atomic E-state index is 14.6. The van der Waals surface area contributed by atoms with Crippen LogP contribution in [0.3, 0.4) is 0 Å². The second-order valence-electron chi connectivity index (χ2n) is 17.3. The number of rotatable bonds is 19. The smallest absolute Gasteiger partial charge is 0.246 e. The number of phenolic OH excluding ortho intramolecular Hbond substituents is 1. The first-order valence-electron chi connectivity index (χ1n) is 23.6. The van der Waals surface area contributed by atoms with Gasteiger partial charge in [-0.1, -0.05) is 64.1 Å². The Morgan fingerprint density at radius 3 is 1.97 bits per heavy atom. The lowest BCUT2D eigenvalue weighted by atomic mass is 10.0. The monoisotopic (exact) mass is 1070 g/mol. The Bertz CT molecular complexity index is 2380. The lowest BCUT2D eigenvalue weighted by Crippen LogP contribution is -2.61. The number of carbonyl (C=O) groups is 11. The van der Waals surface area contributed by atoms with Crippen LogP contribution in [-0.2, 0) is 65.6 Å². The minimum absolute atomic E-state index is 0.0128. The Labute approximate surface area is 433 Å². The predicted octanol–water partition coefficient (Wildman–Crippen LogP) is -4.34. The van der Waals surface area contributed by atoms with E-state index in [9.17, 15) is 57.8 Å². The zero-order valence-corrected chi connectivity index (χ0v) is 42.0. The maximum atomic E-state index is 14.6. The average molecular weight is 1070 g/mol. The minimum Gasteiger partial charge on any atom is -0.508 e. The van der Waals surface area contributed by atoms with Crippen LogP contribution in [0.25, 0.3) is 0 Å². The Kier molecular flexibility index (Phi) is 23.7. The third kappa shape index (κ3) is 20.1. The van der Waals surface area contributed by atoms with Gasteiger partial charge < -0.3 is 75.9 Å². The molecule has 0 aliphatic carbocycles. The van der Waals surface area contributed by atoms with Crippen molar-refractivity contribution >= 4 is 92.5 Å². The van der Waals surface area contributed by atoms with Crippen LogP contribution in [0.1, 0.15) is 62.5 Å². The summed E-state index contributed by atoms with van der Waals surface area (Å²) in [4.78, 5) is 153. The van der Waals surface area contributed by atoms with E-state index in [0.717, 1.165) is 21.6 Å². The molecular weight excluding hydrogens is 1000 g/mol. The number of carbonyl (C=O) groups excluding carboxylic acids is 11. The summed E-state index contributed by atoms with van der Waals surface area (Å²) in [5, 5.41) is 27.8. The van der Waals surface area contributed by atoms with E-state index in [0.29, 0.717) is 17.5 Å². The van der Waals surface area contributed by atoms with Gasteiger partial charge in [0.1, 0.15) is 48.0 Å². The fourth-order valence-corrected chi connectivity index (χ4v) is 9.93. The van der Waals surface area contributed by atoms with Crippen LogP contribution in [0.2, 0.25) is 0 Å². The SMILES string of the molecule is NC(=O)CCC1NC(=O)[C@H](Cc2ccccc2)NC(=O)C(Cc2ccc(O)cc2)NC(=O)CCSSC[C@@H](C(=O)N2CCC[C@H]2C(=O)N[C@@H](CCCN=C(N)N)C(=O)NCC(N)=O)NC(=O)C(CC(N)=O)NC1=O. The molecule has 2 saturated heterocycles. The summed E-state index contributed by atoms with van der Waals surface area (Å²) in [6.45, 7) is -0.402. The molecule has 0 saturated carbocycles. The van der Waals surface area contributed by atoms with Gasteiger partial charge >= 0.3 is 0 Å². The van der Waals surface area contributed by atoms with Crippen LogP contribution in [0.15, 0.2) is 59.6 Å². The number of aromatic hydroxyl groups is 1. The Morgan fingerprint density at radius 1 is 0.730 bits per heavy atom. The highest BCUT2D eigenvalue weighted by Gasteiger charge is 2.40. The first kappa shape index (κ1) is 58.9. The van der Waals surface area contributed by atoms with Gasteiger partial charge in [0, 0.05) is 50.3 Å². The van der Waals surface area contributed by atoms with E-state index < -0.39 is 133 Å². The summed E-state index contributed by atoms with van der Waals surface area (Å²) in [5.74, 6) is -9.75. The largest absolute Gasteiger partial charge is 0.508 e. The molecule has 2 aromatic carbocycles. The highest BCUT2D eigenvalue weighted by atomic mass is 33.1. The number of guanidine groups is 1. The van der Waals surface area contributed by atoms with Crippen molar-refractivity contribution in [2.45, 2.75) is 107 Å². The maximum Gasteiger partial charge on any atom is 0.246 e.